The van der Waals surface area contributed by atoms with E-state index in [0.29, 0.717) is 0 Å². The van der Waals surface area contributed by atoms with Crippen molar-refractivity contribution in [2.45, 2.75) is 33.1 Å². The molecule has 0 aromatic heterocycles. The van der Waals surface area contributed by atoms with Crippen LogP contribution in [0.5, 0.6) is 0 Å². The maximum Gasteiger partial charge on any atom is 0.271 e. The Balaban J connectivity index is 2.99. The summed E-state index contributed by atoms with van der Waals surface area (Å²) in [6, 6.07) is 5.61. The highest BCUT2D eigenvalue weighted by Gasteiger charge is 2.16. The molecule has 1 aromatic rings. The number of nitro benzene ring substituents is 1. The number of unbranched alkanes of at least 4 members (excludes halogenated alkanes) is 1. The van der Waals surface area contributed by atoms with Crippen LogP contribution < -0.4 is 5.32 Å². The number of carbonyl (C=O) groups is 1. The van der Waals surface area contributed by atoms with Crippen LogP contribution in [0.15, 0.2) is 30.0 Å². The van der Waals surface area contributed by atoms with Crippen molar-refractivity contribution < 1.29 is 9.72 Å². The molecule has 0 unspecified atom stereocenters. The largest absolute Gasteiger partial charge is 0.376 e. The number of non-ortho nitro benzene ring substituents is 1. The number of hydrogen-bond acceptors (Lipinski definition) is 5. The number of halogens is 1. The van der Waals surface area contributed by atoms with Crippen LogP contribution in [-0.4, -0.2) is 28.8 Å². The first kappa shape index (κ1) is 20.5. The van der Waals surface area contributed by atoms with E-state index in [1.54, 1.807) is 0 Å². The van der Waals surface area contributed by atoms with Crippen molar-refractivity contribution in [3.8, 4) is 6.07 Å². The van der Waals surface area contributed by atoms with Crippen molar-refractivity contribution in [1.29, 1.82) is 5.26 Å². The molecule has 1 aromatic carbocycles. The third kappa shape index (κ3) is 6.43. The molecule has 0 aliphatic carbocycles. The van der Waals surface area contributed by atoms with Crippen molar-refractivity contribution in [3.05, 3.63) is 45.1 Å². The summed E-state index contributed by atoms with van der Waals surface area (Å²) in [5, 5.41) is 22.7. The van der Waals surface area contributed by atoms with E-state index in [2.05, 4.69) is 12.2 Å². The first-order valence-corrected chi connectivity index (χ1v) is 8.42. The average molecular weight is 365 g/mol. The molecular formula is C17H21ClN4O3. The summed E-state index contributed by atoms with van der Waals surface area (Å²) in [4.78, 5) is 24.5. The van der Waals surface area contributed by atoms with Crippen LogP contribution in [0.1, 0.15) is 33.1 Å². The maximum absolute atomic E-state index is 12.3. The molecule has 0 radical (unpaired) electrons. The summed E-state index contributed by atoms with van der Waals surface area (Å²) in [7, 11) is 0. The average Bonchev–Trinajstić information content (AvgIpc) is 2.58. The number of nitriles is 1. The zero-order valence-corrected chi connectivity index (χ0v) is 15.0. The van der Waals surface area contributed by atoms with Gasteiger partial charge in [0, 0.05) is 31.4 Å². The predicted molar refractivity (Wildman–Crippen MR) is 97.2 cm³/mol. The number of rotatable bonds is 9. The van der Waals surface area contributed by atoms with Crippen LogP contribution >= 0.6 is 11.6 Å². The lowest BCUT2D eigenvalue weighted by Gasteiger charge is -2.19. The number of amides is 1. The van der Waals surface area contributed by atoms with Gasteiger partial charge in [0.2, 0.25) is 0 Å². The third-order valence-electron chi connectivity index (χ3n) is 3.40. The van der Waals surface area contributed by atoms with Gasteiger partial charge in [0.1, 0.15) is 11.6 Å². The lowest BCUT2D eigenvalue weighted by Crippen LogP contribution is -2.23. The van der Waals surface area contributed by atoms with E-state index in [0.717, 1.165) is 38.4 Å². The van der Waals surface area contributed by atoms with Crippen molar-refractivity contribution in [2.24, 2.45) is 0 Å². The van der Waals surface area contributed by atoms with Crippen LogP contribution in [0.2, 0.25) is 5.02 Å². The first-order chi connectivity index (χ1) is 11.9. The van der Waals surface area contributed by atoms with Crippen molar-refractivity contribution in [2.75, 3.05) is 18.4 Å². The van der Waals surface area contributed by atoms with Crippen molar-refractivity contribution in [3.63, 3.8) is 0 Å². The molecule has 0 fully saturated rings. The highest BCUT2D eigenvalue weighted by Crippen LogP contribution is 2.27. The summed E-state index contributed by atoms with van der Waals surface area (Å²) >= 11 is 5.97. The molecule has 0 saturated heterocycles. The van der Waals surface area contributed by atoms with Crippen molar-refractivity contribution in [1.82, 2.24) is 4.90 Å². The Morgan fingerprint density at radius 2 is 2.12 bits per heavy atom. The fourth-order valence-corrected chi connectivity index (χ4v) is 2.29. The topological polar surface area (TPSA) is 99.3 Å². The standard InChI is InChI=1S/C17H21ClN4O3/c1-3-5-9-21(8-4-2)12-13(11-19)17(23)20-16-10-14(22(24)25)6-7-15(16)18/h6-7,10,12H,3-5,8-9H2,1-2H3,(H,20,23)/b13-12-. The Labute approximate surface area is 152 Å². The maximum atomic E-state index is 12.3. The van der Waals surface area contributed by atoms with Gasteiger partial charge in [-0.2, -0.15) is 5.26 Å². The molecule has 1 N–H and O–H groups in total. The summed E-state index contributed by atoms with van der Waals surface area (Å²) in [5.41, 5.74) is -0.178. The molecule has 134 valence electrons. The molecule has 0 atom stereocenters. The molecule has 0 saturated carbocycles. The Kier molecular flexibility index (Phi) is 8.44. The van der Waals surface area contributed by atoms with Crippen LogP contribution in [0.4, 0.5) is 11.4 Å². The number of hydrogen-bond donors (Lipinski definition) is 1. The minimum absolute atomic E-state index is 0.0767. The van der Waals surface area contributed by atoms with E-state index in [4.69, 9.17) is 11.6 Å². The molecule has 0 bridgehead atoms. The Morgan fingerprint density at radius 3 is 2.68 bits per heavy atom. The second-order valence-corrected chi connectivity index (χ2v) is 5.83. The lowest BCUT2D eigenvalue weighted by molar-refractivity contribution is -0.384. The molecule has 0 aliphatic heterocycles. The van der Waals surface area contributed by atoms with Gasteiger partial charge in [-0.1, -0.05) is 31.9 Å². The number of benzene rings is 1. The smallest absolute Gasteiger partial charge is 0.271 e. The van der Waals surface area contributed by atoms with E-state index in [1.165, 1.54) is 18.3 Å². The molecule has 1 amide bonds. The van der Waals surface area contributed by atoms with Gasteiger partial charge in [0.05, 0.1) is 15.6 Å². The van der Waals surface area contributed by atoms with Crippen molar-refractivity contribution >= 4 is 28.9 Å². The van der Waals surface area contributed by atoms with Gasteiger partial charge in [-0.25, -0.2) is 0 Å². The van der Waals surface area contributed by atoms with Crippen LogP contribution in [0.25, 0.3) is 0 Å². The van der Waals surface area contributed by atoms with Crippen LogP contribution in [0, 0.1) is 21.4 Å². The number of nitro groups is 1. The Morgan fingerprint density at radius 1 is 1.40 bits per heavy atom. The molecule has 8 heteroatoms. The van der Waals surface area contributed by atoms with E-state index in [1.807, 2.05) is 17.9 Å². The number of anilines is 1. The van der Waals surface area contributed by atoms with Gasteiger partial charge >= 0.3 is 0 Å². The molecule has 1 rings (SSSR count). The second kappa shape index (κ2) is 10.3. The fourth-order valence-electron chi connectivity index (χ4n) is 2.12. The van der Waals surface area contributed by atoms with Gasteiger partial charge in [-0.15, -0.1) is 0 Å². The summed E-state index contributed by atoms with van der Waals surface area (Å²) < 4.78 is 0. The normalized spacial score (nSPS) is 10.9. The summed E-state index contributed by atoms with van der Waals surface area (Å²) in [5.74, 6) is -0.650. The van der Waals surface area contributed by atoms with Crippen LogP contribution in [0.3, 0.4) is 0 Å². The minimum Gasteiger partial charge on any atom is -0.376 e. The fraction of sp³-hybridized carbons (Fsp3) is 0.412. The summed E-state index contributed by atoms with van der Waals surface area (Å²) in [6.45, 7) is 5.56. The van der Waals surface area contributed by atoms with E-state index in [-0.39, 0.29) is 22.0 Å². The molecule has 0 spiro atoms. The Hall–Kier alpha value is -2.59. The lowest BCUT2D eigenvalue weighted by atomic mass is 10.2. The molecule has 0 heterocycles. The predicted octanol–water partition coefficient (Wildman–Crippen LogP) is 4.11. The van der Waals surface area contributed by atoms with Gasteiger partial charge in [0.15, 0.2) is 0 Å². The second-order valence-electron chi connectivity index (χ2n) is 5.42. The molecule has 0 aliphatic rings. The summed E-state index contributed by atoms with van der Waals surface area (Å²) in [6.07, 6.45) is 4.37. The number of carbonyl (C=O) groups excluding carboxylic acids is 1. The van der Waals surface area contributed by atoms with E-state index < -0.39 is 10.8 Å². The van der Waals surface area contributed by atoms with Gasteiger partial charge in [-0.05, 0) is 18.9 Å². The highest BCUT2D eigenvalue weighted by atomic mass is 35.5. The Bertz CT molecular complexity index is 698. The molecule has 7 nitrogen and oxygen atoms in total. The number of nitrogens with one attached hydrogen (secondary N) is 1. The first-order valence-electron chi connectivity index (χ1n) is 8.04. The van der Waals surface area contributed by atoms with Crippen LogP contribution in [-0.2, 0) is 4.79 Å². The van der Waals surface area contributed by atoms with Gasteiger partial charge < -0.3 is 10.2 Å². The zero-order chi connectivity index (χ0) is 18.8. The quantitative estimate of drug-likeness (QED) is 0.307. The monoisotopic (exact) mass is 364 g/mol. The number of nitrogens with zero attached hydrogens (tertiary/aromatic N) is 3. The zero-order valence-electron chi connectivity index (χ0n) is 14.3. The molecule has 25 heavy (non-hydrogen) atoms. The van der Waals surface area contributed by atoms with E-state index >= 15 is 0 Å². The molecular weight excluding hydrogens is 344 g/mol. The van der Waals surface area contributed by atoms with E-state index in [9.17, 15) is 20.2 Å². The third-order valence-corrected chi connectivity index (χ3v) is 3.73. The SMILES string of the molecule is CCCCN(/C=C(/C#N)C(=O)Nc1cc([N+](=O)[O-])ccc1Cl)CCC. The van der Waals surface area contributed by atoms with Gasteiger partial charge in [0.25, 0.3) is 11.6 Å². The van der Waals surface area contributed by atoms with Gasteiger partial charge in [-0.3, -0.25) is 14.9 Å². The highest BCUT2D eigenvalue weighted by molar-refractivity contribution is 6.34. The minimum atomic E-state index is -0.650.